The van der Waals surface area contributed by atoms with E-state index >= 15 is 0 Å². The van der Waals surface area contributed by atoms with E-state index in [2.05, 4.69) is 12.4 Å². The monoisotopic (exact) mass is 374 g/mol. The normalized spacial score (nSPS) is 14.8. The fraction of sp³-hybridized carbons (Fsp3) is 0.217. The molecule has 5 nitrogen and oxygen atoms in total. The van der Waals surface area contributed by atoms with Gasteiger partial charge >= 0.3 is 0 Å². The summed E-state index contributed by atoms with van der Waals surface area (Å²) in [5, 5.41) is 4.87. The van der Waals surface area contributed by atoms with Crippen molar-refractivity contribution in [1.29, 1.82) is 0 Å². The van der Waals surface area contributed by atoms with Crippen molar-refractivity contribution in [3.63, 3.8) is 0 Å². The Hall–Kier alpha value is -3.18. The van der Waals surface area contributed by atoms with Gasteiger partial charge in [-0.05, 0) is 29.0 Å². The first-order valence-corrected chi connectivity index (χ1v) is 9.62. The number of para-hydroxylation sites is 1. The van der Waals surface area contributed by atoms with Gasteiger partial charge in [-0.3, -0.25) is 9.59 Å². The van der Waals surface area contributed by atoms with Gasteiger partial charge < -0.3 is 15.1 Å². The Balaban J connectivity index is 1.60. The Morgan fingerprint density at radius 1 is 0.857 bits per heavy atom. The van der Waals surface area contributed by atoms with Crippen molar-refractivity contribution in [2.45, 2.75) is 0 Å². The minimum absolute atomic E-state index is 0.0266. The molecule has 5 heteroatoms. The molecule has 3 aromatic rings. The molecule has 1 saturated heterocycles. The minimum atomic E-state index is -0.208. The highest BCUT2D eigenvalue weighted by atomic mass is 16.2. The van der Waals surface area contributed by atoms with Crippen molar-refractivity contribution in [1.82, 2.24) is 4.90 Å². The van der Waals surface area contributed by atoms with E-state index in [1.807, 2.05) is 59.5 Å². The lowest BCUT2D eigenvalue weighted by Crippen LogP contribution is -3.12. The van der Waals surface area contributed by atoms with Crippen molar-refractivity contribution < 1.29 is 14.5 Å². The van der Waals surface area contributed by atoms with Crippen LogP contribution in [0.5, 0.6) is 0 Å². The van der Waals surface area contributed by atoms with Crippen LogP contribution in [0.1, 0.15) is 20.7 Å². The minimum Gasteiger partial charge on any atom is -0.334 e. The zero-order valence-corrected chi connectivity index (χ0v) is 15.9. The second-order valence-corrected chi connectivity index (χ2v) is 7.28. The zero-order valence-electron chi connectivity index (χ0n) is 15.9. The van der Waals surface area contributed by atoms with E-state index < -0.39 is 0 Å². The molecule has 142 valence electrons. The predicted octanol–water partition coefficient (Wildman–Crippen LogP) is 2.06. The van der Waals surface area contributed by atoms with Gasteiger partial charge in [-0.15, -0.1) is 0 Å². The number of quaternary nitrogens is 1. The smallest absolute Gasteiger partial charge is 0.256 e. The number of likely N-dealkylation sites (N-methyl/N-ethyl adjacent to an activating group) is 1. The molecule has 2 amide bonds. The van der Waals surface area contributed by atoms with Gasteiger partial charge in [0.25, 0.3) is 11.8 Å². The summed E-state index contributed by atoms with van der Waals surface area (Å²) in [7, 11) is 2.14. The van der Waals surface area contributed by atoms with Crippen LogP contribution < -0.4 is 10.2 Å². The molecule has 0 saturated carbocycles. The Morgan fingerprint density at radius 3 is 2.32 bits per heavy atom. The van der Waals surface area contributed by atoms with E-state index in [0.29, 0.717) is 16.8 Å². The standard InChI is InChI=1S/C23H23N3O2/c1-25-13-15-26(16-14-25)23(28)20-10-4-5-12-21(20)24-22(27)19-11-6-8-17-7-2-3-9-18(17)19/h2-12H,13-16H2,1H3,(H,24,27)/p+1. The van der Waals surface area contributed by atoms with Crippen molar-refractivity contribution in [3.05, 3.63) is 77.9 Å². The van der Waals surface area contributed by atoms with Gasteiger partial charge in [-0.1, -0.05) is 48.5 Å². The summed E-state index contributed by atoms with van der Waals surface area (Å²) in [4.78, 5) is 29.3. The van der Waals surface area contributed by atoms with Gasteiger partial charge in [-0.2, -0.15) is 0 Å². The Kier molecular flexibility index (Phi) is 5.08. The number of benzene rings is 3. The molecule has 0 aromatic heterocycles. The van der Waals surface area contributed by atoms with E-state index in [9.17, 15) is 9.59 Å². The molecule has 0 aliphatic carbocycles. The number of piperazine rings is 1. The van der Waals surface area contributed by atoms with E-state index in [0.717, 1.165) is 37.0 Å². The summed E-state index contributed by atoms with van der Waals surface area (Å²) < 4.78 is 0. The van der Waals surface area contributed by atoms with E-state index in [-0.39, 0.29) is 11.8 Å². The second kappa shape index (κ2) is 7.82. The topological polar surface area (TPSA) is 53.9 Å². The van der Waals surface area contributed by atoms with Crippen LogP contribution in [0, 0.1) is 0 Å². The number of nitrogens with one attached hydrogen (secondary N) is 2. The van der Waals surface area contributed by atoms with Gasteiger partial charge in [0.2, 0.25) is 0 Å². The predicted molar refractivity (Wildman–Crippen MR) is 111 cm³/mol. The summed E-state index contributed by atoms with van der Waals surface area (Å²) >= 11 is 0. The molecular formula is C23H24N3O2+. The molecular weight excluding hydrogens is 350 g/mol. The molecule has 1 aliphatic heterocycles. The first-order valence-electron chi connectivity index (χ1n) is 9.62. The van der Waals surface area contributed by atoms with E-state index in [1.54, 1.807) is 12.1 Å². The summed E-state index contributed by atoms with van der Waals surface area (Å²) in [5.74, 6) is -0.235. The summed E-state index contributed by atoms with van der Waals surface area (Å²) in [6.07, 6.45) is 0. The number of rotatable bonds is 3. The Labute approximate surface area is 164 Å². The summed E-state index contributed by atoms with van der Waals surface area (Å²) in [5.41, 5.74) is 1.69. The maximum absolute atomic E-state index is 13.0. The van der Waals surface area contributed by atoms with E-state index in [4.69, 9.17) is 0 Å². The lowest BCUT2D eigenvalue weighted by atomic mass is 10.0. The van der Waals surface area contributed by atoms with Crippen molar-refractivity contribution >= 4 is 28.3 Å². The van der Waals surface area contributed by atoms with Gasteiger partial charge in [0.15, 0.2) is 0 Å². The van der Waals surface area contributed by atoms with Gasteiger partial charge in [0.1, 0.15) is 0 Å². The molecule has 28 heavy (non-hydrogen) atoms. The average molecular weight is 374 g/mol. The second-order valence-electron chi connectivity index (χ2n) is 7.28. The lowest BCUT2D eigenvalue weighted by molar-refractivity contribution is -0.883. The first kappa shape index (κ1) is 18.2. The van der Waals surface area contributed by atoms with E-state index in [1.165, 1.54) is 4.90 Å². The SMILES string of the molecule is C[NH+]1CCN(C(=O)c2ccccc2NC(=O)c2cccc3ccccc23)CC1. The number of carbonyl (C=O) groups is 2. The third kappa shape index (κ3) is 3.62. The molecule has 0 atom stereocenters. The van der Waals surface area contributed by atoms with Crippen molar-refractivity contribution in [3.8, 4) is 0 Å². The highest BCUT2D eigenvalue weighted by Crippen LogP contribution is 2.22. The van der Waals surface area contributed by atoms with Crippen LogP contribution in [-0.2, 0) is 0 Å². The number of carbonyl (C=O) groups excluding carboxylic acids is 2. The van der Waals surface area contributed by atoms with Crippen LogP contribution in [0.25, 0.3) is 10.8 Å². The van der Waals surface area contributed by atoms with Crippen LogP contribution in [0.15, 0.2) is 66.7 Å². The van der Waals surface area contributed by atoms with Crippen molar-refractivity contribution in [2.75, 3.05) is 38.5 Å². The number of anilines is 1. The molecule has 1 fully saturated rings. The number of fused-ring (bicyclic) bond motifs is 1. The van der Waals surface area contributed by atoms with Gasteiger partial charge in [0.05, 0.1) is 44.5 Å². The maximum Gasteiger partial charge on any atom is 0.256 e. The van der Waals surface area contributed by atoms with Crippen LogP contribution in [0.4, 0.5) is 5.69 Å². The molecule has 1 heterocycles. The molecule has 1 aliphatic rings. The van der Waals surface area contributed by atoms with Crippen LogP contribution in [0.2, 0.25) is 0 Å². The zero-order chi connectivity index (χ0) is 19.5. The molecule has 3 aromatic carbocycles. The summed E-state index contributed by atoms with van der Waals surface area (Å²) in [6.45, 7) is 3.35. The molecule has 0 radical (unpaired) electrons. The largest absolute Gasteiger partial charge is 0.334 e. The highest BCUT2D eigenvalue weighted by molar-refractivity contribution is 6.14. The Bertz CT molecular complexity index is 1020. The quantitative estimate of drug-likeness (QED) is 0.737. The third-order valence-electron chi connectivity index (χ3n) is 5.34. The first-order chi connectivity index (χ1) is 13.6. The molecule has 4 rings (SSSR count). The number of hydrogen-bond donors (Lipinski definition) is 2. The lowest BCUT2D eigenvalue weighted by Gasteiger charge is -2.30. The summed E-state index contributed by atoms with van der Waals surface area (Å²) in [6, 6.07) is 20.7. The highest BCUT2D eigenvalue weighted by Gasteiger charge is 2.24. The van der Waals surface area contributed by atoms with Gasteiger partial charge in [-0.25, -0.2) is 0 Å². The van der Waals surface area contributed by atoms with Gasteiger partial charge in [0, 0.05) is 5.56 Å². The molecule has 0 unspecified atom stereocenters. The average Bonchev–Trinajstić information content (AvgIpc) is 2.74. The van der Waals surface area contributed by atoms with Crippen LogP contribution in [0.3, 0.4) is 0 Å². The van der Waals surface area contributed by atoms with Crippen molar-refractivity contribution in [2.24, 2.45) is 0 Å². The molecule has 0 spiro atoms. The molecule has 2 N–H and O–H groups in total. The van der Waals surface area contributed by atoms with Crippen LogP contribution >= 0.6 is 0 Å². The Morgan fingerprint density at radius 2 is 1.50 bits per heavy atom. The third-order valence-corrected chi connectivity index (χ3v) is 5.34. The van der Waals surface area contributed by atoms with Crippen LogP contribution in [-0.4, -0.2) is 49.9 Å². The number of amides is 2. The molecule has 0 bridgehead atoms. The fourth-order valence-electron chi connectivity index (χ4n) is 3.65. The number of nitrogens with zero attached hydrogens (tertiary/aromatic N) is 1. The maximum atomic E-state index is 13.0. The number of hydrogen-bond acceptors (Lipinski definition) is 2. The fourth-order valence-corrected chi connectivity index (χ4v) is 3.65.